The van der Waals surface area contributed by atoms with Gasteiger partial charge in [0.1, 0.15) is 0 Å². The lowest BCUT2D eigenvalue weighted by Crippen LogP contribution is -2.34. The summed E-state index contributed by atoms with van der Waals surface area (Å²) in [6.07, 6.45) is 1.82. The van der Waals surface area contributed by atoms with Gasteiger partial charge < -0.3 is 4.74 Å². The normalized spacial score (nSPS) is 17.6. The third-order valence-electron chi connectivity index (χ3n) is 3.71. The number of hydrogen-bond acceptors (Lipinski definition) is 3. The molecule has 20 heavy (non-hydrogen) atoms. The molecular formula is C14H20ClNO3S. The molecule has 0 saturated carbocycles. The summed E-state index contributed by atoms with van der Waals surface area (Å²) >= 11 is 6.02. The van der Waals surface area contributed by atoms with Gasteiger partial charge in [-0.1, -0.05) is 17.7 Å². The van der Waals surface area contributed by atoms with E-state index >= 15 is 0 Å². The summed E-state index contributed by atoms with van der Waals surface area (Å²) in [5.74, 6) is 0.365. The molecule has 0 aromatic heterocycles. The Kier molecular flexibility index (Phi) is 5.07. The standard InChI is InChI=1S/C14H20ClNO3S/c1-11-3-4-13(9-14(11)15)20(17,18)16(2)10-12-5-7-19-8-6-12/h3-4,9,12H,5-8,10H2,1-2H3. The molecule has 4 nitrogen and oxygen atoms in total. The molecule has 112 valence electrons. The predicted molar refractivity (Wildman–Crippen MR) is 79.5 cm³/mol. The van der Waals surface area contributed by atoms with Crippen molar-refractivity contribution in [2.75, 3.05) is 26.8 Å². The van der Waals surface area contributed by atoms with Crippen LogP contribution in [0.25, 0.3) is 0 Å². The molecular weight excluding hydrogens is 298 g/mol. The van der Waals surface area contributed by atoms with E-state index in [1.807, 2.05) is 6.92 Å². The Labute approximate surface area is 125 Å². The average Bonchev–Trinajstić information content (AvgIpc) is 2.42. The van der Waals surface area contributed by atoms with E-state index in [4.69, 9.17) is 16.3 Å². The highest BCUT2D eigenvalue weighted by Crippen LogP contribution is 2.24. The molecule has 0 spiro atoms. The van der Waals surface area contributed by atoms with Crippen LogP contribution >= 0.6 is 11.6 Å². The van der Waals surface area contributed by atoms with Crippen LogP contribution in [0.15, 0.2) is 23.1 Å². The van der Waals surface area contributed by atoms with E-state index in [1.54, 1.807) is 19.2 Å². The van der Waals surface area contributed by atoms with Gasteiger partial charge in [0.15, 0.2) is 0 Å². The maximum absolute atomic E-state index is 12.5. The van der Waals surface area contributed by atoms with Crippen LogP contribution in [-0.4, -0.2) is 39.5 Å². The molecule has 1 aromatic rings. The molecule has 1 saturated heterocycles. The van der Waals surface area contributed by atoms with Crippen molar-refractivity contribution in [3.63, 3.8) is 0 Å². The summed E-state index contributed by atoms with van der Waals surface area (Å²) in [7, 11) is -1.85. The fraction of sp³-hybridized carbons (Fsp3) is 0.571. The molecule has 0 bridgehead atoms. The van der Waals surface area contributed by atoms with E-state index in [2.05, 4.69) is 0 Å². The lowest BCUT2D eigenvalue weighted by Gasteiger charge is -2.26. The van der Waals surface area contributed by atoms with Crippen molar-refractivity contribution >= 4 is 21.6 Å². The van der Waals surface area contributed by atoms with Crippen LogP contribution in [0, 0.1) is 12.8 Å². The first kappa shape index (κ1) is 15.8. The number of ether oxygens (including phenoxy) is 1. The number of sulfonamides is 1. The molecule has 2 rings (SSSR count). The molecule has 1 aliphatic heterocycles. The molecule has 0 unspecified atom stereocenters. The summed E-state index contributed by atoms with van der Waals surface area (Å²) < 4.78 is 31.7. The van der Waals surface area contributed by atoms with Crippen molar-refractivity contribution in [3.05, 3.63) is 28.8 Å². The van der Waals surface area contributed by atoms with Gasteiger partial charge in [0.25, 0.3) is 0 Å². The Balaban J connectivity index is 2.13. The lowest BCUT2D eigenvalue weighted by atomic mass is 10.0. The van der Waals surface area contributed by atoms with Gasteiger partial charge in [-0.3, -0.25) is 0 Å². The maximum atomic E-state index is 12.5. The van der Waals surface area contributed by atoms with Gasteiger partial charge in [-0.05, 0) is 43.4 Å². The quantitative estimate of drug-likeness (QED) is 0.857. The topological polar surface area (TPSA) is 46.6 Å². The van der Waals surface area contributed by atoms with Crippen LogP contribution in [0.1, 0.15) is 18.4 Å². The van der Waals surface area contributed by atoms with Crippen LogP contribution in [0.2, 0.25) is 5.02 Å². The number of aryl methyl sites for hydroxylation is 1. The van der Waals surface area contributed by atoms with E-state index in [-0.39, 0.29) is 4.90 Å². The number of benzene rings is 1. The molecule has 0 N–H and O–H groups in total. The minimum absolute atomic E-state index is 0.252. The number of rotatable bonds is 4. The van der Waals surface area contributed by atoms with Gasteiger partial charge in [0.05, 0.1) is 4.90 Å². The van der Waals surface area contributed by atoms with Crippen LogP contribution in [0.5, 0.6) is 0 Å². The van der Waals surface area contributed by atoms with Crippen LogP contribution in [0.3, 0.4) is 0 Å². The highest BCUT2D eigenvalue weighted by molar-refractivity contribution is 7.89. The van der Waals surface area contributed by atoms with Crippen LogP contribution in [0.4, 0.5) is 0 Å². The molecule has 1 fully saturated rings. The molecule has 0 radical (unpaired) electrons. The Morgan fingerprint density at radius 3 is 2.60 bits per heavy atom. The fourth-order valence-corrected chi connectivity index (χ4v) is 3.82. The monoisotopic (exact) mass is 317 g/mol. The molecule has 1 aliphatic rings. The molecule has 6 heteroatoms. The van der Waals surface area contributed by atoms with E-state index in [1.165, 1.54) is 10.4 Å². The smallest absolute Gasteiger partial charge is 0.242 e. The second kappa shape index (κ2) is 6.43. The fourth-order valence-electron chi connectivity index (χ4n) is 2.30. The first-order valence-corrected chi connectivity index (χ1v) is 8.53. The van der Waals surface area contributed by atoms with Gasteiger partial charge >= 0.3 is 0 Å². The number of hydrogen-bond donors (Lipinski definition) is 0. The van der Waals surface area contributed by atoms with Gasteiger partial charge in [-0.2, -0.15) is 0 Å². The molecule has 1 aromatic carbocycles. The van der Waals surface area contributed by atoms with Crippen molar-refractivity contribution < 1.29 is 13.2 Å². The third-order valence-corrected chi connectivity index (χ3v) is 5.93. The molecule has 1 heterocycles. The third kappa shape index (κ3) is 3.52. The summed E-state index contributed by atoms with van der Waals surface area (Å²) in [6.45, 7) is 3.81. The van der Waals surface area contributed by atoms with Crippen molar-refractivity contribution in [3.8, 4) is 0 Å². The molecule has 0 atom stereocenters. The maximum Gasteiger partial charge on any atom is 0.242 e. The van der Waals surface area contributed by atoms with E-state index < -0.39 is 10.0 Å². The van der Waals surface area contributed by atoms with E-state index in [0.29, 0.717) is 17.5 Å². The van der Waals surface area contributed by atoms with Crippen LogP contribution < -0.4 is 0 Å². The SMILES string of the molecule is Cc1ccc(S(=O)(=O)N(C)CC2CCOCC2)cc1Cl. The van der Waals surface area contributed by atoms with Gasteiger partial charge in [0.2, 0.25) is 10.0 Å². The van der Waals surface area contributed by atoms with Crippen molar-refractivity contribution in [2.45, 2.75) is 24.7 Å². The first-order valence-electron chi connectivity index (χ1n) is 6.71. The van der Waals surface area contributed by atoms with E-state index in [0.717, 1.165) is 31.6 Å². The number of nitrogens with zero attached hydrogens (tertiary/aromatic N) is 1. The zero-order valence-corrected chi connectivity index (χ0v) is 13.4. The summed E-state index contributed by atoms with van der Waals surface area (Å²) in [4.78, 5) is 0.252. The Hall–Kier alpha value is -0.620. The summed E-state index contributed by atoms with van der Waals surface area (Å²) in [6, 6.07) is 4.86. The summed E-state index contributed by atoms with van der Waals surface area (Å²) in [5.41, 5.74) is 0.873. The van der Waals surface area contributed by atoms with Gasteiger partial charge in [-0.15, -0.1) is 0 Å². The number of halogens is 1. The minimum Gasteiger partial charge on any atom is -0.381 e. The molecule has 0 aliphatic carbocycles. The zero-order chi connectivity index (χ0) is 14.8. The van der Waals surface area contributed by atoms with Crippen molar-refractivity contribution in [1.29, 1.82) is 0 Å². The molecule has 0 amide bonds. The van der Waals surface area contributed by atoms with Crippen molar-refractivity contribution in [1.82, 2.24) is 4.31 Å². The van der Waals surface area contributed by atoms with Gasteiger partial charge in [0, 0.05) is 31.8 Å². The summed E-state index contributed by atoms with van der Waals surface area (Å²) in [5, 5.41) is 0.477. The minimum atomic E-state index is -3.47. The largest absolute Gasteiger partial charge is 0.381 e. The van der Waals surface area contributed by atoms with Gasteiger partial charge in [-0.25, -0.2) is 12.7 Å². The lowest BCUT2D eigenvalue weighted by molar-refractivity contribution is 0.0620. The highest BCUT2D eigenvalue weighted by atomic mass is 35.5. The second-order valence-corrected chi connectivity index (χ2v) is 7.70. The second-order valence-electron chi connectivity index (χ2n) is 5.25. The Morgan fingerprint density at radius 1 is 1.35 bits per heavy atom. The Morgan fingerprint density at radius 2 is 2.00 bits per heavy atom. The average molecular weight is 318 g/mol. The highest BCUT2D eigenvalue weighted by Gasteiger charge is 2.25. The Bertz CT molecular complexity index is 568. The predicted octanol–water partition coefficient (Wildman–Crippen LogP) is 2.70. The van der Waals surface area contributed by atoms with E-state index in [9.17, 15) is 8.42 Å². The zero-order valence-electron chi connectivity index (χ0n) is 11.8. The first-order chi connectivity index (χ1) is 9.41. The van der Waals surface area contributed by atoms with Crippen LogP contribution in [-0.2, 0) is 14.8 Å². The van der Waals surface area contributed by atoms with Crippen molar-refractivity contribution in [2.24, 2.45) is 5.92 Å².